The number of phosphoric acid groups is 1. The fourth-order valence-electron chi connectivity index (χ4n) is 7.23. The van der Waals surface area contributed by atoms with Gasteiger partial charge in [-0.1, -0.05) is 181 Å². The molecule has 8 atom stereocenters. The molecule has 0 aromatic carbocycles. The number of phosphoric ester groups is 1. The zero-order valence-electron chi connectivity index (χ0n) is 35.7. The molecule has 0 aromatic rings. The maximum atomic E-state index is 12.8. The molecule has 0 bridgehead atoms. The third-order valence-corrected chi connectivity index (χ3v) is 11.9. The fourth-order valence-corrected chi connectivity index (χ4v) is 8.20. The molecule has 1 rings (SSSR count). The van der Waals surface area contributed by atoms with Gasteiger partial charge < -0.3 is 39.9 Å². The van der Waals surface area contributed by atoms with Gasteiger partial charge in [-0.05, 0) is 12.8 Å². The van der Waals surface area contributed by atoms with Gasteiger partial charge in [0, 0.05) is 12.8 Å². The van der Waals surface area contributed by atoms with Crippen molar-refractivity contribution in [2.24, 2.45) is 0 Å². The van der Waals surface area contributed by atoms with Crippen LogP contribution in [0.3, 0.4) is 0 Å². The topological polar surface area (TPSA) is 210 Å². The Bertz CT molecular complexity index is 1020. The molecule has 6 N–H and O–H groups in total. The van der Waals surface area contributed by atoms with Gasteiger partial charge in [0.15, 0.2) is 6.10 Å². The van der Waals surface area contributed by atoms with E-state index >= 15 is 0 Å². The standard InChI is InChI=1S/C43H83O13P/c1-3-5-7-9-11-13-15-17-18-20-21-23-25-27-29-31-36(44)53-33-35(34-54-57(51,52)56-43-41(49)39(47)38(46)40(48)42(43)50)55-37(45)32-30-28-26-24-22-19-16-14-12-10-8-6-4-2/h35,38-43,46-50H,3-34H2,1-2H3,(H,51,52)/t35-,38?,39-,40?,41?,42?,43?/m1/s1. The zero-order valence-corrected chi connectivity index (χ0v) is 36.6. The van der Waals surface area contributed by atoms with Crippen molar-refractivity contribution in [3.05, 3.63) is 0 Å². The summed E-state index contributed by atoms with van der Waals surface area (Å²) in [6.07, 6.45) is 20.2. The number of rotatable bonds is 38. The Morgan fingerprint density at radius 3 is 1.16 bits per heavy atom. The monoisotopic (exact) mass is 839 g/mol. The molecule has 0 heterocycles. The third-order valence-electron chi connectivity index (χ3n) is 10.9. The number of ether oxygens (including phenoxy) is 2. The van der Waals surface area contributed by atoms with E-state index < -0.39 is 75.7 Å². The second-order valence-electron chi connectivity index (χ2n) is 16.3. The summed E-state index contributed by atoms with van der Waals surface area (Å²) < 4.78 is 33.5. The van der Waals surface area contributed by atoms with Gasteiger partial charge in [0.05, 0.1) is 6.61 Å². The first-order valence-corrected chi connectivity index (χ1v) is 24.3. The molecule has 0 aliphatic heterocycles. The average Bonchev–Trinajstić information content (AvgIpc) is 3.19. The number of aliphatic hydroxyl groups excluding tert-OH is 5. The lowest BCUT2D eigenvalue weighted by molar-refractivity contribution is -0.220. The third kappa shape index (κ3) is 27.3. The van der Waals surface area contributed by atoms with Crippen LogP contribution in [0, 0.1) is 0 Å². The molecule has 338 valence electrons. The van der Waals surface area contributed by atoms with Crippen molar-refractivity contribution >= 4 is 19.8 Å². The van der Waals surface area contributed by atoms with Gasteiger partial charge in [-0.25, -0.2) is 4.57 Å². The predicted octanol–water partition coefficient (Wildman–Crippen LogP) is 8.50. The molecule has 0 radical (unpaired) electrons. The molecule has 13 nitrogen and oxygen atoms in total. The molecule has 57 heavy (non-hydrogen) atoms. The Labute approximate surface area is 344 Å². The van der Waals surface area contributed by atoms with Crippen molar-refractivity contribution in [3.8, 4) is 0 Å². The maximum absolute atomic E-state index is 12.8. The molecular weight excluding hydrogens is 755 g/mol. The van der Waals surface area contributed by atoms with E-state index in [1.54, 1.807) is 0 Å². The molecule has 1 fully saturated rings. The summed E-state index contributed by atoms with van der Waals surface area (Å²) >= 11 is 0. The molecular formula is C43H83O13P. The number of carbonyl (C=O) groups is 2. The van der Waals surface area contributed by atoms with Crippen molar-refractivity contribution < 1.29 is 63.1 Å². The van der Waals surface area contributed by atoms with Crippen LogP contribution in [0.2, 0.25) is 0 Å². The molecule has 6 unspecified atom stereocenters. The van der Waals surface area contributed by atoms with Crippen molar-refractivity contribution in [2.45, 2.75) is 249 Å². The lowest BCUT2D eigenvalue weighted by atomic mass is 9.85. The number of carbonyl (C=O) groups excluding carboxylic acids is 2. The summed E-state index contributed by atoms with van der Waals surface area (Å²) in [4.78, 5) is 35.6. The predicted molar refractivity (Wildman–Crippen MR) is 221 cm³/mol. The van der Waals surface area contributed by atoms with Crippen molar-refractivity contribution in [3.63, 3.8) is 0 Å². The van der Waals surface area contributed by atoms with Crippen molar-refractivity contribution in [1.82, 2.24) is 0 Å². The van der Waals surface area contributed by atoms with Crippen LogP contribution in [0.1, 0.15) is 206 Å². The number of hydrogen-bond acceptors (Lipinski definition) is 12. The highest BCUT2D eigenvalue weighted by molar-refractivity contribution is 7.47. The van der Waals surface area contributed by atoms with Gasteiger partial charge in [-0.3, -0.25) is 18.6 Å². The van der Waals surface area contributed by atoms with Gasteiger partial charge in [0.1, 0.15) is 43.2 Å². The van der Waals surface area contributed by atoms with E-state index in [4.69, 9.17) is 18.5 Å². The highest BCUT2D eigenvalue weighted by atomic mass is 31.2. The first-order chi connectivity index (χ1) is 27.4. The van der Waals surface area contributed by atoms with Crippen LogP contribution in [0.15, 0.2) is 0 Å². The van der Waals surface area contributed by atoms with Crippen LogP contribution in [-0.2, 0) is 32.7 Å². The molecule has 0 spiro atoms. The van der Waals surface area contributed by atoms with Gasteiger partial charge in [0.25, 0.3) is 0 Å². The van der Waals surface area contributed by atoms with E-state index in [9.17, 15) is 44.6 Å². The summed E-state index contributed by atoms with van der Waals surface area (Å²) in [5, 5.41) is 50.1. The molecule has 1 saturated carbocycles. The Kier molecular flexibility index (Phi) is 32.7. The fraction of sp³-hybridized carbons (Fsp3) is 0.953. The van der Waals surface area contributed by atoms with Gasteiger partial charge >= 0.3 is 19.8 Å². The molecule has 1 aliphatic rings. The summed E-state index contributed by atoms with van der Waals surface area (Å²) in [5.74, 6) is -1.09. The summed E-state index contributed by atoms with van der Waals surface area (Å²) in [5.41, 5.74) is 0. The minimum Gasteiger partial charge on any atom is -0.462 e. The minimum absolute atomic E-state index is 0.104. The van der Waals surface area contributed by atoms with Gasteiger partial charge in [0.2, 0.25) is 0 Å². The van der Waals surface area contributed by atoms with Crippen LogP contribution < -0.4 is 0 Å². The number of unbranched alkanes of at least 4 members (excludes halogenated alkanes) is 26. The average molecular weight is 839 g/mol. The summed E-state index contributed by atoms with van der Waals surface area (Å²) in [6.45, 7) is 3.31. The van der Waals surface area contributed by atoms with Crippen LogP contribution >= 0.6 is 7.82 Å². The van der Waals surface area contributed by atoms with Gasteiger partial charge in [-0.15, -0.1) is 0 Å². The number of hydrogen-bond donors (Lipinski definition) is 6. The number of esters is 2. The van der Waals surface area contributed by atoms with E-state index in [1.807, 2.05) is 0 Å². The first kappa shape index (κ1) is 53.9. The molecule has 0 saturated heterocycles. The highest BCUT2D eigenvalue weighted by Crippen LogP contribution is 2.47. The molecule has 1 aliphatic carbocycles. The summed E-state index contributed by atoms with van der Waals surface area (Å²) in [7, 11) is -5.11. The second kappa shape index (κ2) is 34.6. The number of aliphatic hydroxyl groups is 5. The quantitative estimate of drug-likeness (QED) is 0.0196. The molecule has 0 aromatic heterocycles. The molecule has 14 heteroatoms. The second-order valence-corrected chi connectivity index (χ2v) is 17.7. The Morgan fingerprint density at radius 1 is 0.474 bits per heavy atom. The van der Waals surface area contributed by atoms with E-state index in [-0.39, 0.29) is 12.8 Å². The van der Waals surface area contributed by atoms with Crippen LogP contribution in [-0.4, -0.2) is 98.3 Å². The van der Waals surface area contributed by atoms with E-state index in [1.165, 1.54) is 128 Å². The normalized spacial score (nSPS) is 22.6. The van der Waals surface area contributed by atoms with Crippen molar-refractivity contribution in [2.75, 3.05) is 13.2 Å². The summed E-state index contributed by atoms with van der Waals surface area (Å²) in [6, 6.07) is 0. The van der Waals surface area contributed by atoms with Gasteiger partial charge in [-0.2, -0.15) is 0 Å². The Morgan fingerprint density at radius 2 is 0.789 bits per heavy atom. The van der Waals surface area contributed by atoms with E-state index in [0.29, 0.717) is 12.8 Å². The Balaban J connectivity index is 2.45. The maximum Gasteiger partial charge on any atom is 0.472 e. The first-order valence-electron chi connectivity index (χ1n) is 22.8. The lowest BCUT2D eigenvalue weighted by Crippen LogP contribution is -2.64. The molecule has 0 amide bonds. The van der Waals surface area contributed by atoms with Crippen LogP contribution in [0.4, 0.5) is 0 Å². The highest BCUT2D eigenvalue weighted by Gasteiger charge is 2.51. The zero-order chi connectivity index (χ0) is 42.2. The minimum atomic E-state index is -5.11. The Hall–Kier alpha value is -1.15. The van der Waals surface area contributed by atoms with E-state index in [0.717, 1.165) is 38.5 Å². The van der Waals surface area contributed by atoms with E-state index in [2.05, 4.69) is 13.8 Å². The lowest BCUT2D eigenvalue weighted by Gasteiger charge is -2.41. The van der Waals surface area contributed by atoms with Crippen LogP contribution in [0.5, 0.6) is 0 Å². The largest absolute Gasteiger partial charge is 0.472 e. The van der Waals surface area contributed by atoms with Crippen molar-refractivity contribution in [1.29, 1.82) is 0 Å². The SMILES string of the molecule is CCCCCCCCCCCCCCCCCC(=O)OC[C@H](COP(=O)(O)OC1C(O)C(O)C(O)[C@@H](O)C1O)OC(=O)CCCCCCCCCCCCCCC. The van der Waals surface area contributed by atoms with Crippen LogP contribution in [0.25, 0.3) is 0 Å². The smallest absolute Gasteiger partial charge is 0.462 e.